The smallest absolute Gasteiger partial charge is 0.302 e. The lowest BCUT2D eigenvalue weighted by atomic mass is 9.88. The zero-order valence-electron chi connectivity index (χ0n) is 17.0. The van der Waals surface area contributed by atoms with Crippen molar-refractivity contribution in [1.29, 1.82) is 0 Å². The van der Waals surface area contributed by atoms with E-state index in [2.05, 4.69) is 32.6 Å². The molecule has 0 N–H and O–H groups in total. The van der Waals surface area contributed by atoms with Crippen molar-refractivity contribution in [3.8, 4) is 0 Å². The fraction of sp³-hybridized carbons (Fsp3) is 0.773. The van der Waals surface area contributed by atoms with Gasteiger partial charge in [-0.25, -0.2) is 0 Å². The summed E-state index contributed by atoms with van der Waals surface area (Å²) in [5.74, 6) is 1.47. The third-order valence-electron chi connectivity index (χ3n) is 5.17. The second-order valence-corrected chi connectivity index (χ2v) is 7.21. The number of hydrogen-bond acceptors (Lipinski definition) is 4. The maximum atomic E-state index is 10.9. The fourth-order valence-electron chi connectivity index (χ4n) is 3.61. The van der Waals surface area contributed by atoms with Crippen LogP contribution in [0.25, 0.3) is 0 Å². The van der Waals surface area contributed by atoms with Gasteiger partial charge in [-0.1, -0.05) is 44.9 Å². The molecular formula is C22H38O4. The molecule has 1 rings (SSSR count). The van der Waals surface area contributed by atoms with Crippen LogP contribution < -0.4 is 0 Å². The average Bonchev–Trinajstić information content (AvgIpc) is 2.96. The average molecular weight is 367 g/mol. The SMILES string of the molecule is C=C[C@H]1C[C@@H](/C=C\COC(C)=O)[C@@H](COCCCC)[C@H]1COCCCC. The van der Waals surface area contributed by atoms with Gasteiger partial charge in [0.05, 0.1) is 13.2 Å². The molecule has 1 aliphatic carbocycles. The summed E-state index contributed by atoms with van der Waals surface area (Å²) >= 11 is 0. The van der Waals surface area contributed by atoms with Crippen molar-refractivity contribution in [2.45, 2.75) is 52.9 Å². The summed E-state index contributed by atoms with van der Waals surface area (Å²) in [7, 11) is 0. The molecule has 4 nitrogen and oxygen atoms in total. The van der Waals surface area contributed by atoms with Crippen molar-refractivity contribution in [1.82, 2.24) is 0 Å². The first kappa shape index (κ1) is 22.9. The second kappa shape index (κ2) is 14.0. The van der Waals surface area contributed by atoms with E-state index in [1.807, 2.05) is 6.08 Å². The Morgan fingerprint density at radius 1 is 1.04 bits per heavy atom. The van der Waals surface area contributed by atoms with E-state index in [1.54, 1.807) is 0 Å². The summed E-state index contributed by atoms with van der Waals surface area (Å²) in [6.45, 7) is 13.4. The van der Waals surface area contributed by atoms with Gasteiger partial charge in [0.2, 0.25) is 0 Å². The van der Waals surface area contributed by atoms with Crippen LogP contribution in [-0.2, 0) is 19.0 Å². The Morgan fingerprint density at radius 3 is 2.12 bits per heavy atom. The van der Waals surface area contributed by atoms with E-state index in [0.29, 0.717) is 30.3 Å². The molecule has 0 heterocycles. The third kappa shape index (κ3) is 8.50. The number of unbranched alkanes of at least 4 members (excludes halogenated alkanes) is 2. The lowest BCUT2D eigenvalue weighted by Gasteiger charge is -2.25. The Balaban J connectivity index is 2.68. The number of carbonyl (C=O) groups is 1. The van der Waals surface area contributed by atoms with E-state index in [0.717, 1.165) is 58.5 Å². The lowest BCUT2D eigenvalue weighted by molar-refractivity contribution is -0.139. The van der Waals surface area contributed by atoms with Gasteiger partial charge in [-0.05, 0) is 42.9 Å². The maximum Gasteiger partial charge on any atom is 0.302 e. The number of rotatable bonds is 14. The van der Waals surface area contributed by atoms with Gasteiger partial charge in [-0.3, -0.25) is 4.79 Å². The van der Waals surface area contributed by atoms with E-state index < -0.39 is 0 Å². The molecule has 0 aromatic carbocycles. The first-order valence-electron chi connectivity index (χ1n) is 10.2. The van der Waals surface area contributed by atoms with Gasteiger partial charge in [0.15, 0.2) is 0 Å². The van der Waals surface area contributed by atoms with Crippen molar-refractivity contribution in [3.05, 3.63) is 24.8 Å². The molecular weight excluding hydrogens is 328 g/mol. The highest BCUT2D eigenvalue weighted by Crippen LogP contribution is 2.43. The van der Waals surface area contributed by atoms with Crippen molar-refractivity contribution in [3.63, 3.8) is 0 Å². The van der Waals surface area contributed by atoms with Crippen LogP contribution in [0.2, 0.25) is 0 Å². The van der Waals surface area contributed by atoms with Crippen LogP contribution in [0.1, 0.15) is 52.9 Å². The highest BCUT2D eigenvalue weighted by Gasteiger charge is 2.40. The summed E-state index contributed by atoms with van der Waals surface area (Å²) in [5, 5.41) is 0. The second-order valence-electron chi connectivity index (χ2n) is 7.21. The molecule has 0 bridgehead atoms. The molecule has 0 aliphatic heterocycles. The number of allylic oxidation sites excluding steroid dienone is 2. The van der Waals surface area contributed by atoms with Crippen molar-refractivity contribution in [2.75, 3.05) is 33.0 Å². The van der Waals surface area contributed by atoms with E-state index in [1.165, 1.54) is 6.92 Å². The Morgan fingerprint density at radius 2 is 1.62 bits per heavy atom. The number of carbonyl (C=O) groups excluding carboxylic acids is 1. The van der Waals surface area contributed by atoms with Crippen LogP contribution in [0, 0.1) is 23.7 Å². The van der Waals surface area contributed by atoms with E-state index in [4.69, 9.17) is 14.2 Å². The predicted octanol–water partition coefficient (Wildman–Crippen LogP) is 4.79. The van der Waals surface area contributed by atoms with Gasteiger partial charge < -0.3 is 14.2 Å². The normalized spacial score (nSPS) is 25.7. The molecule has 1 fully saturated rings. The van der Waals surface area contributed by atoms with E-state index in [-0.39, 0.29) is 5.97 Å². The quantitative estimate of drug-likeness (QED) is 0.252. The molecule has 0 aromatic heterocycles. The summed E-state index contributed by atoms with van der Waals surface area (Å²) in [4.78, 5) is 10.9. The fourth-order valence-corrected chi connectivity index (χ4v) is 3.61. The van der Waals surface area contributed by atoms with Crippen molar-refractivity contribution < 1.29 is 19.0 Å². The molecule has 0 spiro atoms. The molecule has 0 amide bonds. The first-order chi connectivity index (χ1) is 12.6. The molecule has 0 saturated heterocycles. The van der Waals surface area contributed by atoms with Crippen LogP contribution in [0.4, 0.5) is 0 Å². The van der Waals surface area contributed by atoms with Gasteiger partial charge in [0.1, 0.15) is 6.61 Å². The summed E-state index contributed by atoms with van der Waals surface area (Å²) < 4.78 is 17.0. The van der Waals surface area contributed by atoms with Gasteiger partial charge >= 0.3 is 5.97 Å². The van der Waals surface area contributed by atoms with Crippen LogP contribution in [0.5, 0.6) is 0 Å². The minimum atomic E-state index is -0.244. The monoisotopic (exact) mass is 366 g/mol. The van der Waals surface area contributed by atoms with Crippen LogP contribution >= 0.6 is 0 Å². The molecule has 0 radical (unpaired) electrons. The third-order valence-corrected chi connectivity index (χ3v) is 5.17. The Labute approximate surface area is 160 Å². The maximum absolute atomic E-state index is 10.9. The van der Waals surface area contributed by atoms with E-state index in [9.17, 15) is 4.79 Å². The summed E-state index contributed by atoms with van der Waals surface area (Å²) in [6, 6.07) is 0. The van der Waals surface area contributed by atoms with Crippen LogP contribution in [0.3, 0.4) is 0 Å². The van der Waals surface area contributed by atoms with Gasteiger partial charge in [-0.2, -0.15) is 0 Å². The zero-order chi connectivity index (χ0) is 19.2. The summed E-state index contributed by atoms with van der Waals surface area (Å²) in [6.07, 6.45) is 11.8. The molecule has 1 saturated carbocycles. The molecule has 0 unspecified atom stereocenters. The number of esters is 1. The topological polar surface area (TPSA) is 44.8 Å². The standard InChI is InChI=1S/C22H38O4/c1-5-8-12-24-16-21-19(7-3)15-20(11-10-14-26-18(4)23)22(21)17-25-13-9-6-2/h7,10-11,19-22H,3,5-6,8-9,12-17H2,1-2,4H3/b11-10-/t19-,20+,21-,22+/m0/s1. The molecule has 4 atom stereocenters. The molecule has 1 aliphatic rings. The highest BCUT2D eigenvalue weighted by molar-refractivity contribution is 5.65. The van der Waals surface area contributed by atoms with Gasteiger partial charge in [-0.15, -0.1) is 6.58 Å². The minimum Gasteiger partial charge on any atom is -0.462 e. The molecule has 26 heavy (non-hydrogen) atoms. The van der Waals surface area contributed by atoms with Gasteiger partial charge in [0, 0.05) is 20.1 Å². The van der Waals surface area contributed by atoms with Crippen molar-refractivity contribution in [2.24, 2.45) is 23.7 Å². The minimum absolute atomic E-state index is 0.244. The number of hydrogen-bond donors (Lipinski definition) is 0. The van der Waals surface area contributed by atoms with Crippen LogP contribution in [0.15, 0.2) is 24.8 Å². The van der Waals surface area contributed by atoms with E-state index >= 15 is 0 Å². The first-order valence-corrected chi connectivity index (χ1v) is 10.2. The lowest BCUT2D eigenvalue weighted by Crippen LogP contribution is -2.26. The molecule has 0 aromatic rings. The largest absolute Gasteiger partial charge is 0.462 e. The van der Waals surface area contributed by atoms with Gasteiger partial charge in [0.25, 0.3) is 0 Å². The van der Waals surface area contributed by atoms with Crippen molar-refractivity contribution >= 4 is 5.97 Å². The number of ether oxygens (including phenoxy) is 3. The summed E-state index contributed by atoms with van der Waals surface area (Å²) in [5.41, 5.74) is 0. The predicted molar refractivity (Wildman–Crippen MR) is 106 cm³/mol. The Hall–Kier alpha value is -1.13. The molecule has 150 valence electrons. The highest BCUT2D eigenvalue weighted by atomic mass is 16.5. The Kier molecular flexibility index (Phi) is 12.3. The zero-order valence-corrected chi connectivity index (χ0v) is 17.0. The molecule has 4 heteroatoms. The van der Waals surface area contributed by atoms with Crippen LogP contribution in [-0.4, -0.2) is 39.0 Å². The Bertz CT molecular complexity index is 418.